The number of nitrogens with zero attached hydrogens (tertiary/aromatic N) is 5. The molecule has 2 rings (SSSR count). The van der Waals surface area contributed by atoms with Gasteiger partial charge in [0.05, 0.1) is 28.9 Å². The van der Waals surface area contributed by atoms with Gasteiger partial charge in [-0.25, -0.2) is 4.68 Å². The summed E-state index contributed by atoms with van der Waals surface area (Å²) in [5.41, 5.74) is 0.834. The van der Waals surface area contributed by atoms with Crippen LogP contribution >= 0.6 is 11.6 Å². The van der Waals surface area contributed by atoms with E-state index in [9.17, 15) is 14.9 Å². The van der Waals surface area contributed by atoms with E-state index in [4.69, 9.17) is 16.3 Å². The Balaban J connectivity index is 2.01. The SMILES string of the molecule is CCOCn1cc(NC(=O)Cn2nc([N+](=O)[O-])c(Cl)c2C)cn1. The van der Waals surface area contributed by atoms with Crippen molar-refractivity contribution in [2.24, 2.45) is 0 Å². The van der Waals surface area contributed by atoms with Crippen LogP contribution in [0.5, 0.6) is 0 Å². The number of anilines is 1. The molecule has 124 valence electrons. The fourth-order valence-electron chi connectivity index (χ4n) is 1.80. The van der Waals surface area contributed by atoms with E-state index in [1.807, 2.05) is 6.92 Å². The number of aromatic nitrogens is 4. The number of carbonyl (C=O) groups is 1. The highest BCUT2D eigenvalue weighted by Gasteiger charge is 2.25. The second kappa shape index (κ2) is 7.20. The molecular formula is C12H15ClN6O4. The van der Waals surface area contributed by atoms with Crippen LogP contribution in [0, 0.1) is 17.0 Å². The lowest BCUT2D eigenvalue weighted by atomic mass is 10.4. The van der Waals surface area contributed by atoms with E-state index in [2.05, 4.69) is 15.5 Å². The minimum atomic E-state index is -0.693. The molecule has 2 aromatic heterocycles. The summed E-state index contributed by atoms with van der Waals surface area (Å²) in [6.07, 6.45) is 3.08. The van der Waals surface area contributed by atoms with Gasteiger partial charge in [0.25, 0.3) is 0 Å². The second-order valence-electron chi connectivity index (χ2n) is 4.58. The average Bonchev–Trinajstić information content (AvgIpc) is 3.04. The van der Waals surface area contributed by atoms with E-state index < -0.39 is 16.6 Å². The Labute approximate surface area is 136 Å². The van der Waals surface area contributed by atoms with Crippen LogP contribution in [0.4, 0.5) is 11.5 Å². The molecule has 23 heavy (non-hydrogen) atoms. The van der Waals surface area contributed by atoms with Crippen LogP contribution in [0.2, 0.25) is 5.02 Å². The fourth-order valence-corrected chi connectivity index (χ4v) is 2.00. The maximum absolute atomic E-state index is 12.0. The van der Waals surface area contributed by atoms with Crippen LogP contribution in [0.15, 0.2) is 12.4 Å². The first kappa shape index (κ1) is 16.9. The zero-order chi connectivity index (χ0) is 17.0. The average molecular weight is 343 g/mol. The molecule has 0 saturated carbocycles. The zero-order valence-electron chi connectivity index (χ0n) is 12.5. The Kier molecular flexibility index (Phi) is 5.29. The third-order valence-electron chi connectivity index (χ3n) is 2.93. The van der Waals surface area contributed by atoms with Crippen molar-refractivity contribution in [3.8, 4) is 0 Å². The van der Waals surface area contributed by atoms with Gasteiger partial charge in [0.15, 0.2) is 5.02 Å². The highest BCUT2D eigenvalue weighted by atomic mass is 35.5. The van der Waals surface area contributed by atoms with Crippen molar-refractivity contribution in [3.05, 3.63) is 33.2 Å². The molecule has 0 aromatic carbocycles. The summed E-state index contributed by atoms with van der Waals surface area (Å²) in [4.78, 5) is 22.1. The molecule has 1 amide bonds. The molecule has 0 spiro atoms. The summed E-state index contributed by atoms with van der Waals surface area (Å²) < 4.78 is 7.89. The quantitative estimate of drug-likeness (QED) is 0.603. The summed E-state index contributed by atoms with van der Waals surface area (Å²) >= 11 is 5.82. The van der Waals surface area contributed by atoms with Gasteiger partial charge in [0.2, 0.25) is 5.91 Å². The van der Waals surface area contributed by atoms with Crippen molar-refractivity contribution in [3.63, 3.8) is 0 Å². The van der Waals surface area contributed by atoms with Gasteiger partial charge in [-0.3, -0.25) is 4.79 Å². The van der Waals surface area contributed by atoms with Gasteiger partial charge in [-0.15, -0.1) is 0 Å². The maximum atomic E-state index is 12.0. The molecule has 0 aliphatic carbocycles. The number of ether oxygens (including phenoxy) is 1. The van der Waals surface area contributed by atoms with Gasteiger partial charge < -0.3 is 20.2 Å². The highest BCUT2D eigenvalue weighted by Crippen LogP contribution is 2.26. The molecule has 0 aliphatic heterocycles. The molecule has 0 bridgehead atoms. The van der Waals surface area contributed by atoms with Gasteiger partial charge >= 0.3 is 5.82 Å². The van der Waals surface area contributed by atoms with Crippen molar-refractivity contribution >= 4 is 29.0 Å². The highest BCUT2D eigenvalue weighted by molar-refractivity contribution is 6.33. The molecule has 2 heterocycles. The summed E-state index contributed by atoms with van der Waals surface area (Å²) in [5.74, 6) is -0.875. The van der Waals surface area contributed by atoms with Gasteiger partial charge in [0, 0.05) is 6.61 Å². The molecule has 0 atom stereocenters. The van der Waals surface area contributed by atoms with E-state index in [0.29, 0.717) is 18.0 Å². The number of carbonyl (C=O) groups excluding carboxylic acids is 1. The van der Waals surface area contributed by atoms with E-state index in [0.717, 1.165) is 0 Å². The zero-order valence-corrected chi connectivity index (χ0v) is 13.3. The van der Waals surface area contributed by atoms with Crippen molar-refractivity contribution in [1.29, 1.82) is 0 Å². The summed E-state index contributed by atoms with van der Waals surface area (Å²) in [7, 11) is 0. The molecule has 0 radical (unpaired) electrons. The van der Waals surface area contributed by atoms with Crippen LogP contribution in [0.1, 0.15) is 12.6 Å². The van der Waals surface area contributed by atoms with Crippen molar-refractivity contribution in [2.45, 2.75) is 27.1 Å². The lowest BCUT2D eigenvalue weighted by Crippen LogP contribution is -2.20. The largest absolute Gasteiger partial charge is 0.408 e. The van der Waals surface area contributed by atoms with Crippen LogP contribution in [0.3, 0.4) is 0 Å². The van der Waals surface area contributed by atoms with Crippen molar-refractivity contribution < 1.29 is 14.5 Å². The summed E-state index contributed by atoms with van der Waals surface area (Å²) in [6, 6.07) is 0. The van der Waals surface area contributed by atoms with E-state index >= 15 is 0 Å². The minimum absolute atomic E-state index is 0.0765. The molecule has 2 aromatic rings. The molecule has 0 unspecified atom stereocenters. The topological polar surface area (TPSA) is 117 Å². The summed E-state index contributed by atoms with van der Waals surface area (Å²) in [6.45, 7) is 4.06. The Morgan fingerprint density at radius 3 is 2.91 bits per heavy atom. The van der Waals surface area contributed by atoms with E-state index in [1.54, 1.807) is 13.1 Å². The Bertz CT molecular complexity index is 725. The normalized spacial score (nSPS) is 10.7. The number of nitrogens with one attached hydrogen (secondary N) is 1. The number of nitro groups is 1. The third-order valence-corrected chi connectivity index (χ3v) is 3.37. The van der Waals surface area contributed by atoms with E-state index in [-0.39, 0.29) is 18.3 Å². The molecule has 0 fully saturated rings. The third kappa shape index (κ3) is 4.05. The predicted molar refractivity (Wildman–Crippen MR) is 81.1 cm³/mol. The molecular weight excluding hydrogens is 328 g/mol. The number of rotatable bonds is 7. The number of hydrogen-bond donors (Lipinski definition) is 1. The molecule has 0 saturated heterocycles. The monoisotopic (exact) mass is 342 g/mol. The molecule has 11 heteroatoms. The second-order valence-corrected chi connectivity index (χ2v) is 4.95. The number of hydrogen-bond acceptors (Lipinski definition) is 6. The van der Waals surface area contributed by atoms with Gasteiger partial charge in [0.1, 0.15) is 13.3 Å². The molecule has 10 nitrogen and oxygen atoms in total. The molecule has 0 aliphatic rings. The van der Waals surface area contributed by atoms with Crippen LogP contribution < -0.4 is 5.32 Å². The van der Waals surface area contributed by atoms with Crippen LogP contribution in [-0.2, 0) is 22.8 Å². The van der Waals surface area contributed by atoms with Crippen LogP contribution in [0.25, 0.3) is 0 Å². The number of amides is 1. The Morgan fingerprint density at radius 1 is 1.57 bits per heavy atom. The lowest BCUT2D eigenvalue weighted by molar-refractivity contribution is -0.389. The predicted octanol–water partition coefficient (Wildman–Crippen LogP) is 1.58. The first-order valence-corrected chi connectivity index (χ1v) is 7.07. The van der Waals surface area contributed by atoms with Gasteiger partial charge in [-0.2, -0.15) is 9.78 Å². The number of halogens is 1. The smallest absolute Gasteiger partial charge is 0.360 e. The van der Waals surface area contributed by atoms with Crippen LogP contribution in [-0.4, -0.2) is 37.0 Å². The fraction of sp³-hybridized carbons (Fsp3) is 0.417. The molecule has 1 N–H and O–H groups in total. The van der Waals surface area contributed by atoms with Gasteiger partial charge in [-0.05, 0) is 18.8 Å². The maximum Gasteiger partial charge on any atom is 0.408 e. The first-order chi connectivity index (χ1) is 10.9. The Morgan fingerprint density at radius 2 is 2.30 bits per heavy atom. The van der Waals surface area contributed by atoms with Crippen molar-refractivity contribution in [1.82, 2.24) is 19.6 Å². The van der Waals surface area contributed by atoms with E-state index in [1.165, 1.54) is 15.6 Å². The van der Waals surface area contributed by atoms with Crippen molar-refractivity contribution in [2.75, 3.05) is 11.9 Å². The first-order valence-electron chi connectivity index (χ1n) is 6.69. The minimum Gasteiger partial charge on any atom is -0.360 e. The van der Waals surface area contributed by atoms with Gasteiger partial charge in [-0.1, -0.05) is 11.6 Å². The Hall–Kier alpha value is -2.46. The summed E-state index contributed by atoms with van der Waals surface area (Å²) in [5, 5.41) is 21.1. The lowest BCUT2D eigenvalue weighted by Gasteiger charge is -2.02. The standard InChI is InChI=1S/C12H15ClN6O4/c1-3-23-7-17-5-9(4-14-17)15-10(20)6-18-8(2)11(13)12(16-18)19(21)22/h4-5H,3,6-7H2,1-2H3,(H,15,20).